The molecule has 0 aliphatic carbocycles. The van der Waals surface area contributed by atoms with Gasteiger partial charge in [-0.25, -0.2) is 4.98 Å². The lowest BCUT2D eigenvalue weighted by Crippen LogP contribution is -2.20. The minimum Gasteiger partial charge on any atom is -0.382 e. The van der Waals surface area contributed by atoms with E-state index in [-0.39, 0.29) is 5.41 Å². The van der Waals surface area contributed by atoms with Crippen molar-refractivity contribution in [2.24, 2.45) is 5.41 Å². The maximum absolute atomic E-state index is 4.76. The van der Waals surface area contributed by atoms with Gasteiger partial charge >= 0.3 is 0 Å². The second-order valence-corrected chi connectivity index (χ2v) is 6.49. The lowest BCUT2D eigenvalue weighted by Gasteiger charge is -2.21. The molecule has 0 amide bonds. The van der Waals surface area contributed by atoms with Crippen molar-refractivity contribution in [3.05, 3.63) is 17.8 Å². The van der Waals surface area contributed by atoms with Crippen molar-refractivity contribution in [1.29, 1.82) is 0 Å². The molecule has 1 aromatic heterocycles. The second-order valence-electron chi connectivity index (χ2n) is 6.49. The molecule has 0 saturated carbocycles. The molecule has 0 bridgehead atoms. The van der Waals surface area contributed by atoms with Crippen LogP contribution in [0.4, 0.5) is 11.5 Å². The van der Waals surface area contributed by atoms with Crippen LogP contribution < -0.4 is 16.0 Å². The van der Waals surface area contributed by atoms with E-state index in [9.17, 15) is 0 Å². The largest absolute Gasteiger partial charge is 0.382 e. The van der Waals surface area contributed by atoms with Crippen LogP contribution in [0.1, 0.15) is 38.8 Å². The Hall–Kier alpha value is -1.29. The number of hydrogen-bond acceptors (Lipinski definition) is 4. The molecule has 0 spiro atoms. The number of pyridine rings is 1. The van der Waals surface area contributed by atoms with E-state index in [1.807, 2.05) is 7.05 Å². The van der Waals surface area contributed by atoms with E-state index in [0.29, 0.717) is 5.92 Å². The maximum Gasteiger partial charge on any atom is 0.149 e. The van der Waals surface area contributed by atoms with Gasteiger partial charge in [-0.3, -0.25) is 0 Å². The Morgan fingerprint density at radius 1 is 1.37 bits per heavy atom. The zero-order chi connectivity index (χ0) is 13.9. The van der Waals surface area contributed by atoms with E-state index in [0.717, 1.165) is 31.1 Å². The van der Waals surface area contributed by atoms with Gasteiger partial charge in [0, 0.05) is 31.7 Å². The van der Waals surface area contributed by atoms with Gasteiger partial charge in [0.05, 0.1) is 5.69 Å². The number of rotatable bonds is 4. The predicted molar refractivity (Wildman–Crippen MR) is 82.0 cm³/mol. The van der Waals surface area contributed by atoms with Crippen LogP contribution in [0.3, 0.4) is 0 Å². The van der Waals surface area contributed by atoms with Crippen LogP contribution in [0.25, 0.3) is 0 Å². The first-order chi connectivity index (χ1) is 8.99. The quantitative estimate of drug-likeness (QED) is 0.781. The van der Waals surface area contributed by atoms with Gasteiger partial charge in [0.1, 0.15) is 5.82 Å². The standard InChI is InChI=1S/C15H26N4/c1-15(2,3)10-18-13-6-5-12(19-14(13)16-4)11-7-8-17-9-11/h5-6,11,17-18H,7-10H2,1-4H3,(H,16,19). The van der Waals surface area contributed by atoms with Gasteiger partial charge in [-0.2, -0.15) is 0 Å². The van der Waals surface area contributed by atoms with Crippen molar-refractivity contribution in [3.8, 4) is 0 Å². The number of nitrogens with one attached hydrogen (secondary N) is 3. The molecule has 4 heteroatoms. The number of aromatic nitrogens is 1. The van der Waals surface area contributed by atoms with Crippen LogP contribution in [0, 0.1) is 5.41 Å². The first kappa shape index (κ1) is 14.1. The van der Waals surface area contributed by atoms with Gasteiger partial charge in [-0.1, -0.05) is 20.8 Å². The maximum atomic E-state index is 4.76. The minimum absolute atomic E-state index is 0.263. The van der Waals surface area contributed by atoms with Crippen molar-refractivity contribution in [3.63, 3.8) is 0 Å². The van der Waals surface area contributed by atoms with Gasteiger partial charge < -0.3 is 16.0 Å². The van der Waals surface area contributed by atoms with Crippen molar-refractivity contribution < 1.29 is 0 Å². The highest BCUT2D eigenvalue weighted by Crippen LogP contribution is 2.27. The van der Waals surface area contributed by atoms with E-state index in [2.05, 4.69) is 48.9 Å². The van der Waals surface area contributed by atoms with E-state index in [1.165, 1.54) is 12.1 Å². The summed E-state index contributed by atoms with van der Waals surface area (Å²) >= 11 is 0. The molecule has 1 aliphatic rings. The highest BCUT2D eigenvalue weighted by molar-refractivity contribution is 5.64. The summed E-state index contributed by atoms with van der Waals surface area (Å²) in [6.45, 7) is 9.77. The predicted octanol–water partition coefficient (Wildman–Crippen LogP) is 2.66. The van der Waals surface area contributed by atoms with Gasteiger partial charge in [-0.15, -0.1) is 0 Å². The molecule has 1 aliphatic heterocycles. The second kappa shape index (κ2) is 5.78. The molecule has 1 atom stereocenters. The molecule has 1 unspecified atom stereocenters. The lowest BCUT2D eigenvalue weighted by molar-refractivity contribution is 0.443. The first-order valence-electron chi connectivity index (χ1n) is 7.13. The summed E-state index contributed by atoms with van der Waals surface area (Å²) in [5.74, 6) is 1.51. The molecule has 1 fully saturated rings. The monoisotopic (exact) mass is 262 g/mol. The normalized spacial score (nSPS) is 19.5. The fourth-order valence-electron chi connectivity index (χ4n) is 2.30. The van der Waals surface area contributed by atoms with E-state index < -0.39 is 0 Å². The zero-order valence-electron chi connectivity index (χ0n) is 12.5. The first-order valence-corrected chi connectivity index (χ1v) is 7.13. The molecule has 4 nitrogen and oxygen atoms in total. The molecule has 19 heavy (non-hydrogen) atoms. The smallest absolute Gasteiger partial charge is 0.149 e. The van der Waals surface area contributed by atoms with Crippen molar-refractivity contribution in [1.82, 2.24) is 10.3 Å². The van der Waals surface area contributed by atoms with Crippen LogP contribution in [0.2, 0.25) is 0 Å². The molecule has 0 radical (unpaired) electrons. The molecule has 1 saturated heterocycles. The van der Waals surface area contributed by atoms with Crippen LogP contribution >= 0.6 is 0 Å². The Bertz CT molecular complexity index is 417. The summed E-state index contributed by atoms with van der Waals surface area (Å²) in [4.78, 5) is 4.76. The highest BCUT2D eigenvalue weighted by atomic mass is 15.0. The van der Waals surface area contributed by atoms with E-state index in [4.69, 9.17) is 4.98 Å². The lowest BCUT2D eigenvalue weighted by atomic mass is 9.97. The average Bonchev–Trinajstić information content (AvgIpc) is 2.89. The van der Waals surface area contributed by atoms with Crippen molar-refractivity contribution in [2.45, 2.75) is 33.1 Å². The fraction of sp³-hybridized carbons (Fsp3) is 0.667. The Balaban J connectivity index is 2.11. The molecule has 3 N–H and O–H groups in total. The Labute approximate surface area is 116 Å². The van der Waals surface area contributed by atoms with Gasteiger partial charge in [0.15, 0.2) is 0 Å². The highest BCUT2D eigenvalue weighted by Gasteiger charge is 2.19. The molecule has 1 aromatic rings. The van der Waals surface area contributed by atoms with Crippen molar-refractivity contribution >= 4 is 11.5 Å². The SMILES string of the molecule is CNc1nc(C2CCNC2)ccc1NCC(C)(C)C. The summed E-state index contributed by atoms with van der Waals surface area (Å²) in [6.07, 6.45) is 1.19. The third-order valence-electron chi connectivity index (χ3n) is 3.44. The van der Waals surface area contributed by atoms with E-state index in [1.54, 1.807) is 0 Å². The molecular formula is C15H26N4. The molecular weight excluding hydrogens is 236 g/mol. The Morgan fingerprint density at radius 2 is 2.16 bits per heavy atom. The zero-order valence-corrected chi connectivity index (χ0v) is 12.5. The average molecular weight is 262 g/mol. The third kappa shape index (κ3) is 3.83. The molecule has 106 valence electrons. The molecule has 2 heterocycles. The van der Waals surface area contributed by atoms with Crippen LogP contribution in [-0.2, 0) is 0 Å². The van der Waals surface area contributed by atoms with Crippen LogP contribution in [0.15, 0.2) is 12.1 Å². The van der Waals surface area contributed by atoms with Gasteiger partial charge in [-0.05, 0) is 30.5 Å². The summed E-state index contributed by atoms with van der Waals surface area (Å²) in [5, 5.41) is 10.1. The van der Waals surface area contributed by atoms with Crippen LogP contribution in [0.5, 0.6) is 0 Å². The topological polar surface area (TPSA) is 49.0 Å². The molecule has 0 aromatic carbocycles. The van der Waals surface area contributed by atoms with Gasteiger partial charge in [0.25, 0.3) is 0 Å². The Morgan fingerprint density at radius 3 is 2.74 bits per heavy atom. The van der Waals surface area contributed by atoms with E-state index >= 15 is 0 Å². The van der Waals surface area contributed by atoms with Crippen LogP contribution in [-0.4, -0.2) is 31.7 Å². The summed E-state index contributed by atoms with van der Waals surface area (Å²) in [7, 11) is 1.93. The minimum atomic E-state index is 0.263. The summed E-state index contributed by atoms with van der Waals surface area (Å²) in [5.41, 5.74) is 2.54. The fourth-order valence-corrected chi connectivity index (χ4v) is 2.30. The summed E-state index contributed by atoms with van der Waals surface area (Å²) in [6, 6.07) is 4.31. The number of hydrogen-bond donors (Lipinski definition) is 3. The summed E-state index contributed by atoms with van der Waals surface area (Å²) < 4.78 is 0. The molecule has 2 rings (SSSR count). The number of nitrogens with zero attached hydrogens (tertiary/aromatic N) is 1. The van der Waals surface area contributed by atoms with Crippen molar-refractivity contribution in [2.75, 3.05) is 37.3 Å². The third-order valence-corrected chi connectivity index (χ3v) is 3.44. The Kier molecular flexibility index (Phi) is 4.30. The van der Waals surface area contributed by atoms with Gasteiger partial charge in [0.2, 0.25) is 0 Å². The number of anilines is 2.